The minimum Gasteiger partial charge on any atom is -0.754 e. The Morgan fingerprint density at radius 2 is 1.89 bits per heavy atom. The lowest BCUT2D eigenvalue weighted by Crippen LogP contribution is -2.38. The lowest BCUT2D eigenvalue weighted by atomic mass is 10.5. The molecule has 1 aromatic heterocycles. The van der Waals surface area contributed by atoms with E-state index in [2.05, 4.69) is 19.8 Å². The molecule has 0 radical (unpaired) electrons. The molecule has 98 valence electrons. The lowest BCUT2D eigenvalue weighted by molar-refractivity contribution is -0.577. The minimum absolute atomic E-state index is 0.111. The average molecular weight is 277 g/mol. The van der Waals surface area contributed by atoms with E-state index in [4.69, 9.17) is 11.6 Å². The number of carbonyl (C=O) groups excluding carboxylic acids is 2. The number of nitrogens with zero attached hydrogens (tertiary/aromatic N) is 2. The number of hydrogen-bond donors (Lipinski definition) is 2. The fourth-order valence-electron chi connectivity index (χ4n) is 0.928. The summed E-state index contributed by atoms with van der Waals surface area (Å²) in [6.07, 6.45) is -1.77. The third-order valence-corrected chi connectivity index (χ3v) is 1.89. The molecule has 0 atom stereocenters. The van der Waals surface area contributed by atoms with E-state index in [0.717, 1.165) is 20.3 Å². The number of halogens is 1. The van der Waals surface area contributed by atoms with Crippen LogP contribution in [0.25, 0.3) is 0 Å². The van der Waals surface area contributed by atoms with Crippen molar-refractivity contribution in [1.29, 1.82) is 0 Å². The number of nitrogens with one attached hydrogen (secondary N) is 2. The Morgan fingerprint density at radius 3 is 2.44 bits per heavy atom. The summed E-state index contributed by atoms with van der Waals surface area (Å²) in [6.45, 7) is 0. The summed E-state index contributed by atoms with van der Waals surface area (Å²) < 4.78 is 8.76. The van der Waals surface area contributed by atoms with Crippen molar-refractivity contribution in [3.8, 4) is 0 Å². The second-order valence-corrected chi connectivity index (χ2v) is 3.20. The van der Waals surface area contributed by atoms with Gasteiger partial charge in [-0.25, -0.2) is 19.6 Å². The second kappa shape index (κ2) is 5.87. The van der Waals surface area contributed by atoms with E-state index in [0.29, 0.717) is 0 Å². The van der Waals surface area contributed by atoms with Crippen LogP contribution >= 0.6 is 11.6 Å². The van der Waals surface area contributed by atoms with Gasteiger partial charge in [0.15, 0.2) is 5.15 Å². The summed E-state index contributed by atoms with van der Waals surface area (Å²) in [5.74, 6) is -0.700. The first-order valence-electron chi connectivity index (χ1n) is 4.48. The summed E-state index contributed by atoms with van der Waals surface area (Å²) in [7, 11) is 2.24. The smallest absolute Gasteiger partial charge is 0.460 e. The zero-order chi connectivity index (χ0) is 13.7. The highest BCUT2D eigenvalue weighted by atomic mass is 35.5. The average Bonchev–Trinajstić information content (AvgIpc) is 2.34. The van der Waals surface area contributed by atoms with E-state index >= 15 is 0 Å². The van der Waals surface area contributed by atoms with E-state index in [-0.39, 0.29) is 15.7 Å². The van der Waals surface area contributed by atoms with Gasteiger partial charge in [-0.2, -0.15) is 5.32 Å². The molecule has 0 fully saturated rings. The Morgan fingerprint density at radius 1 is 1.33 bits per heavy atom. The van der Waals surface area contributed by atoms with Crippen molar-refractivity contribution in [3.63, 3.8) is 0 Å². The maximum atomic E-state index is 11.7. The Balaban J connectivity index is 3.05. The van der Waals surface area contributed by atoms with Gasteiger partial charge in [-0.15, -0.1) is 0 Å². The maximum Gasteiger partial charge on any atom is 0.460 e. The van der Waals surface area contributed by atoms with Gasteiger partial charge >= 0.3 is 18.1 Å². The highest BCUT2D eigenvalue weighted by Gasteiger charge is 2.17. The Kier molecular flexibility index (Phi) is 4.49. The van der Waals surface area contributed by atoms with E-state index in [1.807, 2.05) is 5.32 Å². The van der Waals surface area contributed by atoms with Gasteiger partial charge in [0.2, 0.25) is 5.82 Å². The van der Waals surface area contributed by atoms with Gasteiger partial charge in [-0.1, -0.05) is 4.98 Å². The third-order valence-electron chi connectivity index (χ3n) is 1.69. The van der Waals surface area contributed by atoms with Gasteiger partial charge in [0.25, 0.3) is 0 Å². The summed E-state index contributed by atoms with van der Waals surface area (Å²) in [5, 5.41) is 15.7. The quantitative estimate of drug-likeness (QED) is 0.467. The van der Waals surface area contributed by atoms with E-state index in [1.165, 1.54) is 0 Å². The number of ether oxygens (including phenoxy) is 2. The van der Waals surface area contributed by atoms with Crippen LogP contribution in [-0.4, -0.2) is 31.4 Å². The molecule has 0 saturated carbocycles. The molecule has 1 aromatic rings. The second-order valence-electron chi connectivity index (χ2n) is 2.82. The SMILES string of the molecule is COC(=O)Nc1cc(Cl)nc(NC(=O)OC)[n+]1[O-]. The monoisotopic (exact) mass is 276 g/mol. The van der Waals surface area contributed by atoms with Crippen LogP contribution < -0.4 is 15.4 Å². The lowest BCUT2D eigenvalue weighted by Gasteiger charge is -2.13. The molecule has 9 nitrogen and oxygen atoms in total. The predicted molar refractivity (Wildman–Crippen MR) is 60.3 cm³/mol. The first-order valence-corrected chi connectivity index (χ1v) is 4.85. The molecule has 0 aliphatic carbocycles. The summed E-state index contributed by atoms with van der Waals surface area (Å²) in [6, 6.07) is 1.09. The minimum atomic E-state index is -0.904. The summed E-state index contributed by atoms with van der Waals surface area (Å²) in [5.41, 5.74) is 0. The fourth-order valence-corrected chi connectivity index (χ4v) is 1.11. The molecule has 0 aliphatic rings. The molecule has 0 unspecified atom stereocenters. The van der Waals surface area contributed by atoms with Crippen LogP contribution in [0.15, 0.2) is 6.07 Å². The van der Waals surface area contributed by atoms with Crippen molar-refractivity contribution >= 4 is 35.6 Å². The predicted octanol–water partition coefficient (Wildman–Crippen LogP) is 0.725. The van der Waals surface area contributed by atoms with Crippen molar-refractivity contribution < 1.29 is 23.8 Å². The molecule has 18 heavy (non-hydrogen) atoms. The number of hydrogen-bond acceptors (Lipinski definition) is 6. The molecule has 10 heteroatoms. The summed E-state index contributed by atoms with van der Waals surface area (Å²) in [4.78, 5) is 25.5. The molecule has 0 spiro atoms. The van der Waals surface area contributed by atoms with Gasteiger partial charge in [0, 0.05) is 0 Å². The fraction of sp³-hybridized carbons (Fsp3) is 0.250. The normalized spacial score (nSPS) is 9.50. The highest BCUT2D eigenvalue weighted by molar-refractivity contribution is 6.29. The molecule has 1 heterocycles. The number of methoxy groups -OCH3 is 2. The van der Waals surface area contributed by atoms with Crippen molar-refractivity contribution in [3.05, 3.63) is 16.4 Å². The molecule has 1 rings (SSSR count). The largest absolute Gasteiger partial charge is 0.754 e. The molecule has 0 aliphatic heterocycles. The number of rotatable bonds is 2. The Labute approximate surface area is 106 Å². The molecule has 0 bridgehead atoms. The molecular weight excluding hydrogens is 268 g/mol. The number of aromatic nitrogens is 2. The first kappa shape index (κ1) is 13.8. The first-order chi connectivity index (χ1) is 8.47. The molecule has 2 N–H and O–H groups in total. The molecule has 0 saturated heterocycles. The third kappa shape index (κ3) is 3.35. The van der Waals surface area contributed by atoms with Crippen LogP contribution in [0.1, 0.15) is 0 Å². The number of amides is 2. The van der Waals surface area contributed by atoms with Crippen molar-refractivity contribution in [2.75, 3.05) is 24.9 Å². The van der Waals surface area contributed by atoms with Crippen molar-refractivity contribution in [1.82, 2.24) is 4.98 Å². The molecule has 2 amide bonds. The number of anilines is 2. The maximum absolute atomic E-state index is 11.7. The van der Waals surface area contributed by atoms with E-state index < -0.39 is 18.1 Å². The zero-order valence-electron chi connectivity index (χ0n) is 9.39. The van der Waals surface area contributed by atoms with Crippen LogP contribution in [0.4, 0.5) is 21.4 Å². The Bertz CT molecular complexity index is 442. The van der Waals surface area contributed by atoms with Gasteiger partial charge in [-0.05, 0) is 11.6 Å². The zero-order valence-corrected chi connectivity index (χ0v) is 10.1. The van der Waals surface area contributed by atoms with Crippen LogP contribution in [0.2, 0.25) is 5.15 Å². The van der Waals surface area contributed by atoms with Crippen LogP contribution in [0.5, 0.6) is 0 Å². The van der Waals surface area contributed by atoms with E-state index in [9.17, 15) is 14.8 Å². The van der Waals surface area contributed by atoms with Crippen LogP contribution in [0.3, 0.4) is 0 Å². The topological polar surface area (TPSA) is 116 Å². The molecular formula is C8H9ClN4O5. The van der Waals surface area contributed by atoms with Gasteiger partial charge in [0.1, 0.15) is 0 Å². The Hall–Kier alpha value is -2.29. The van der Waals surface area contributed by atoms with Gasteiger partial charge in [0.05, 0.1) is 20.3 Å². The summed E-state index contributed by atoms with van der Waals surface area (Å²) >= 11 is 5.63. The number of carbonyl (C=O) groups is 2. The van der Waals surface area contributed by atoms with Gasteiger partial charge in [-0.3, -0.25) is 0 Å². The molecule has 0 aromatic carbocycles. The standard InChI is InChI=1S/C8H9ClN4O5/c1-17-7(14)11-5-3-4(9)10-6(13(5)16)12-8(15)18-2/h3H,1-2H3,(H,11,14)(H,10,12,15). The van der Waals surface area contributed by atoms with E-state index in [1.54, 1.807) is 0 Å². The highest BCUT2D eigenvalue weighted by Crippen LogP contribution is 2.12. The van der Waals surface area contributed by atoms with Crippen LogP contribution in [0, 0.1) is 5.21 Å². The van der Waals surface area contributed by atoms with Crippen molar-refractivity contribution in [2.45, 2.75) is 0 Å². The van der Waals surface area contributed by atoms with Crippen LogP contribution in [-0.2, 0) is 9.47 Å². The van der Waals surface area contributed by atoms with Gasteiger partial charge < -0.3 is 14.7 Å². The van der Waals surface area contributed by atoms with Crippen molar-refractivity contribution in [2.24, 2.45) is 0 Å².